The Bertz CT molecular complexity index is 511. The van der Waals surface area contributed by atoms with Gasteiger partial charge < -0.3 is 4.52 Å². The lowest BCUT2D eigenvalue weighted by Gasteiger charge is -2.24. The van der Waals surface area contributed by atoms with Gasteiger partial charge in [-0.05, 0) is 27.2 Å². The van der Waals surface area contributed by atoms with E-state index in [1.807, 2.05) is 41.5 Å². The van der Waals surface area contributed by atoms with E-state index in [0.717, 1.165) is 17.9 Å². The van der Waals surface area contributed by atoms with E-state index in [4.69, 9.17) is 25.4 Å². The maximum absolute atomic E-state index is 5.82. The minimum absolute atomic E-state index is 0.0186. The van der Waals surface area contributed by atoms with Crippen LogP contribution in [0.15, 0.2) is 6.07 Å². The van der Waals surface area contributed by atoms with E-state index in [1.165, 1.54) is 0 Å². The molecule has 7 heteroatoms. The largest absolute Gasteiger partial charge is 0.406 e. The molecule has 0 saturated carbocycles. The highest BCUT2D eigenvalue weighted by atomic mass is 32.5. The molecule has 5 nitrogen and oxygen atoms in total. The zero-order valence-corrected chi connectivity index (χ0v) is 15.3. The fourth-order valence-corrected chi connectivity index (χ4v) is 3.88. The summed E-state index contributed by atoms with van der Waals surface area (Å²) in [6, 6.07) is 1.76. The van der Waals surface area contributed by atoms with Crippen molar-refractivity contribution in [3.05, 3.63) is 17.6 Å². The second-order valence-electron chi connectivity index (χ2n) is 5.14. The van der Waals surface area contributed by atoms with Gasteiger partial charge in [0.25, 0.3) is 0 Å². The molecule has 0 fully saturated rings. The highest BCUT2D eigenvalue weighted by molar-refractivity contribution is 8.07. The topological polar surface area (TPSA) is 53.5 Å². The number of rotatable bonds is 8. The second kappa shape index (κ2) is 8.18. The molecule has 1 rings (SSSR count). The lowest BCUT2D eigenvalue weighted by Crippen LogP contribution is -2.11. The molecule has 0 amide bonds. The Balaban J connectivity index is 3.00. The van der Waals surface area contributed by atoms with Gasteiger partial charge in [0.05, 0.1) is 12.7 Å². The average Bonchev–Trinajstić information content (AvgIpc) is 2.37. The molecule has 0 bridgehead atoms. The molecule has 0 saturated heterocycles. The van der Waals surface area contributed by atoms with Crippen molar-refractivity contribution in [3.63, 3.8) is 0 Å². The summed E-state index contributed by atoms with van der Waals surface area (Å²) in [7, 11) is 0. The summed E-state index contributed by atoms with van der Waals surface area (Å²) in [4.78, 5) is 8.79. The first-order valence-corrected chi connectivity index (χ1v) is 9.83. The fourth-order valence-electron chi connectivity index (χ4n) is 1.51. The predicted octanol–water partition coefficient (Wildman–Crippen LogP) is 4.36. The van der Waals surface area contributed by atoms with E-state index in [-0.39, 0.29) is 12.0 Å². The van der Waals surface area contributed by atoms with E-state index >= 15 is 0 Å². The summed E-state index contributed by atoms with van der Waals surface area (Å²) in [5.74, 6) is 1.37. The minimum Gasteiger partial charge on any atom is -0.406 e. The molecular formula is C14H25N2O3PS. The van der Waals surface area contributed by atoms with Gasteiger partial charge in [-0.1, -0.05) is 20.8 Å². The third-order valence-corrected chi connectivity index (χ3v) is 5.14. The molecule has 2 unspecified atom stereocenters. The summed E-state index contributed by atoms with van der Waals surface area (Å²) in [6.45, 7) is 9.42. The highest BCUT2D eigenvalue weighted by Gasteiger charge is 2.25. The Kier molecular flexibility index (Phi) is 7.21. The Morgan fingerprint density at radius 1 is 1.24 bits per heavy atom. The van der Waals surface area contributed by atoms with Crippen molar-refractivity contribution in [1.82, 2.24) is 9.97 Å². The van der Waals surface area contributed by atoms with Crippen LogP contribution in [0.4, 0.5) is 0 Å². The van der Waals surface area contributed by atoms with Crippen molar-refractivity contribution in [3.8, 4) is 5.88 Å². The lowest BCUT2D eigenvalue weighted by atomic mass is 10.2. The van der Waals surface area contributed by atoms with Crippen LogP contribution in [-0.4, -0.2) is 22.7 Å². The van der Waals surface area contributed by atoms with Crippen LogP contribution in [0.25, 0.3) is 0 Å². The number of aryl methyl sites for hydroxylation is 1. The van der Waals surface area contributed by atoms with Crippen LogP contribution in [0.2, 0.25) is 0 Å². The van der Waals surface area contributed by atoms with Gasteiger partial charge in [-0.25, -0.2) is 4.98 Å². The molecule has 0 spiro atoms. The molecule has 1 aromatic heterocycles. The third-order valence-electron chi connectivity index (χ3n) is 2.74. The first kappa shape index (κ1) is 18.5. The molecule has 0 radical (unpaired) electrons. The molecule has 0 aliphatic rings. The number of aromatic nitrogens is 2. The molecule has 1 heterocycles. The van der Waals surface area contributed by atoms with Crippen molar-refractivity contribution < 1.29 is 13.6 Å². The van der Waals surface area contributed by atoms with E-state index < -0.39 is 6.72 Å². The van der Waals surface area contributed by atoms with Crippen molar-refractivity contribution in [2.75, 3.05) is 6.61 Å². The molecule has 1 aromatic rings. The fraction of sp³-hybridized carbons (Fsp3) is 0.714. The van der Waals surface area contributed by atoms with Crippen LogP contribution in [0.5, 0.6) is 5.88 Å². The van der Waals surface area contributed by atoms with Crippen molar-refractivity contribution in [2.24, 2.45) is 0 Å². The van der Waals surface area contributed by atoms with Crippen LogP contribution < -0.4 is 4.52 Å². The Morgan fingerprint density at radius 3 is 2.43 bits per heavy atom. The van der Waals surface area contributed by atoms with Gasteiger partial charge in [-0.15, -0.1) is 0 Å². The van der Waals surface area contributed by atoms with E-state index in [2.05, 4.69) is 9.97 Å². The van der Waals surface area contributed by atoms with Crippen molar-refractivity contribution in [2.45, 2.75) is 60.0 Å². The number of hydrogen-bond acceptors (Lipinski definition) is 6. The van der Waals surface area contributed by atoms with Crippen LogP contribution in [0.1, 0.15) is 58.5 Å². The molecule has 0 aliphatic carbocycles. The Labute approximate surface area is 132 Å². The van der Waals surface area contributed by atoms with Gasteiger partial charge in [0.1, 0.15) is 5.82 Å². The standard InChI is InChI=1S/C14H25N2O3PS/c1-7-12(6)18-20(21,17-8-2)19-13-9-11(5)15-14(16-13)10(3)4/h9-10,12H,7-8H2,1-6H3. The molecule has 120 valence electrons. The van der Waals surface area contributed by atoms with Gasteiger partial charge in [-0.3, -0.25) is 9.05 Å². The van der Waals surface area contributed by atoms with Gasteiger partial charge in [0.2, 0.25) is 5.88 Å². The van der Waals surface area contributed by atoms with Crippen LogP contribution >= 0.6 is 6.72 Å². The second-order valence-corrected chi connectivity index (χ2v) is 8.03. The van der Waals surface area contributed by atoms with E-state index in [9.17, 15) is 0 Å². The van der Waals surface area contributed by atoms with Crippen molar-refractivity contribution >= 4 is 18.5 Å². The average molecular weight is 332 g/mol. The summed E-state index contributed by atoms with van der Waals surface area (Å²) in [6.07, 6.45) is 0.824. The first-order valence-electron chi connectivity index (χ1n) is 7.27. The Morgan fingerprint density at radius 2 is 1.90 bits per heavy atom. The number of hydrogen-bond donors (Lipinski definition) is 0. The van der Waals surface area contributed by atoms with Crippen LogP contribution in [-0.2, 0) is 20.9 Å². The monoisotopic (exact) mass is 332 g/mol. The first-order chi connectivity index (χ1) is 9.79. The number of nitrogens with zero attached hydrogens (tertiary/aromatic N) is 2. The molecule has 0 aliphatic heterocycles. The maximum Gasteiger partial charge on any atom is 0.382 e. The van der Waals surface area contributed by atoms with Crippen LogP contribution in [0.3, 0.4) is 0 Å². The SMILES string of the molecule is CCOP(=S)(Oc1cc(C)nc(C(C)C)n1)OC(C)CC. The Hall–Kier alpha value is -0.550. The summed E-state index contributed by atoms with van der Waals surface area (Å²) in [5.41, 5.74) is 0.838. The molecule has 0 aromatic carbocycles. The molecule has 21 heavy (non-hydrogen) atoms. The summed E-state index contributed by atoms with van der Waals surface area (Å²) < 4.78 is 17.2. The third kappa shape index (κ3) is 5.99. The van der Waals surface area contributed by atoms with E-state index in [0.29, 0.717) is 12.5 Å². The zero-order valence-electron chi connectivity index (χ0n) is 13.6. The normalized spacial score (nSPS) is 15.8. The van der Waals surface area contributed by atoms with Gasteiger partial charge in [-0.2, -0.15) is 4.98 Å². The lowest BCUT2D eigenvalue weighted by molar-refractivity contribution is 0.156. The summed E-state index contributed by atoms with van der Waals surface area (Å²) >= 11 is 5.46. The van der Waals surface area contributed by atoms with Crippen molar-refractivity contribution in [1.29, 1.82) is 0 Å². The van der Waals surface area contributed by atoms with Gasteiger partial charge >= 0.3 is 6.72 Å². The quantitative estimate of drug-likeness (QED) is 0.659. The minimum atomic E-state index is -2.84. The van der Waals surface area contributed by atoms with E-state index in [1.54, 1.807) is 6.07 Å². The van der Waals surface area contributed by atoms with Gasteiger partial charge in [0.15, 0.2) is 0 Å². The molecule has 2 atom stereocenters. The summed E-state index contributed by atoms with van der Waals surface area (Å²) in [5, 5.41) is 0. The predicted molar refractivity (Wildman–Crippen MR) is 88.2 cm³/mol. The zero-order chi connectivity index (χ0) is 16.0. The maximum atomic E-state index is 5.82. The molecule has 0 N–H and O–H groups in total. The highest BCUT2D eigenvalue weighted by Crippen LogP contribution is 2.50. The smallest absolute Gasteiger partial charge is 0.382 e. The molecular weight excluding hydrogens is 307 g/mol. The van der Waals surface area contributed by atoms with Gasteiger partial charge in [0, 0.05) is 29.5 Å². The van der Waals surface area contributed by atoms with Crippen LogP contribution in [0, 0.1) is 6.92 Å².